The van der Waals surface area contributed by atoms with Crippen molar-refractivity contribution >= 4 is 11.0 Å². The van der Waals surface area contributed by atoms with Crippen molar-refractivity contribution in [3.8, 4) is 17.2 Å². The lowest BCUT2D eigenvalue weighted by atomic mass is 10.2. The van der Waals surface area contributed by atoms with Crippen LogP contribution in [0, 0.1) is 0 Å². The van der Waals surface area contributed by atoms with Gasteiger partial charge >= 0.3 is 5.63 Å². The predicted octanol–water partition coefficient (Wildman–Crippen LogP) is 3.24. The lowest BCUT2D eigenvalue weighted by Gasteiger charge is -2.11. The molecule has 0 aliphatic rings. The van der Waals surface area contributed by atoms with E-state index in [1.807, 2.05) is 6.08 Å². The van der Waals surface area contributed by atoms with E-state index in [1.54, 1.807) is 18.2 Å². The summed E-state index contributed by atoms with van der Waals surface area (Å²) in [6, 6.07) is 5.09. The van der Waals surface area contributed by atoms with Gasteiger partial charge in [0.1, 0.15) is 16.7 Å². The van der Waals surface area contributed by atoms with E-state index in [1.165, 1.54) is 7.11 Å². The topological polar surface area (TPSA) is 68.9 Å². The Labute approximate surface area is 122 Å². The number of methoxy groups -OCH3 is 1. The van der Waals surface area contributed by atoms with Gasteiger partial charge in [-0.05, 0) is 25.0 Å². The van der Waals surface area contributed by atoms with Gasteiger partial charge in [0.25, 0.3) is 0 Å². The molecule has 112 valence electrons. The first-order valence-electron chi connectivity index (χ1n) is 6.79. The predicted molar refractivity (Wildman–Crippen MR) is 80.2 cm³/mol. The molecule has 0 spiro atoms. The smallest absolute Gasteiger partial charge is 0.382 e. The molecule has 5 heteroatoms. The third-order valence-electron chi connectivity index (χ3n) is 2.97. The number of allylic oxidation sites excluding steroid dienone is 1. The summed E-state index contributed by atoms with van der Waals surface area (Å²) in [5, 5.41) is 10.2. The van der Waals surface area contributed by atoms with Gasteiger partial charge in [-0.2, -0.15) is 0 Å². The van der Waals surface area contributed by atoms with Crippen LogP contribution in [0.25, 0.3) is 11.0 Å². The van der Waals surface area contributed by atoms with E-state index in [0.717, 1.165) is 12.8 Å². The van der Waals surface area contributed by atoms with E-state index in [4.69, 9.17) is 13.9 Å². The second-order valence-electron chi connectivity index (χ2n) is 4.42. The van der Waals surface area contributed by atoms with Crippen molar-refractivity contribution in [3.05, 3.63) is 40.8 Å². The van der Waals surface area contributed by atoms with Crippen LogP contribution in [0.4, 0.5) is 0 Å². The molecule has 0 fully saturated rings. The van der Waals surface area contributed by atoms with Crippen molar-refractivity contribution in [2.24, 2.45) is 0 Å². The van der Waals surface area contributed by atoms with E-state index in [2.05, 4.69) is 13.0 Å². The number of aromatic hydroxyl groups is 1. The summed E-state index contributed by atoms with van der Waals surface area (Å²) in [7, 11) is 1.38. The minimum Gasteiger partial charge on any atom is -0.499 e. The van der Waals surface area contributed by atoms with Gasteiger partial charge in [0.15, 0.2) is 5.75 Å². The highest BCUT2D eigenvalue weighted by Gasteiger charge is 2.18. The summed E-state index contributed by atoms with van der Waals surface area (Å²) in [4.78, 5) is 11.5. The van der Waals surface area contributed by atoms with E-state index < -0.39 is 11.4 Å². The highest BCUT2D eigenvalue weighted by molar-refractivity contribution is 5.91. The molecule has 2 aromatic rings. The SMILES string of the molecule is CC/C=C/CCOc1cccc2oc(=O)c(O)c(OC)c12. The van der Waals surface area contributed by atoms with Crippen LogP contribution in [0.15, 0.2) is 39.6 Å². The van der Waals surface area contributed by atoms with Gasteiger partial charge in [0, 0.05) is 0 Å². The molecule has 1 aromatic heterocycles. The summed E-state index contributed by atoms with van der Waals surface area (Å²) in [5.74, 6) is 0.0289. The number of fused-ring (bicyclic) bond motifs is 1. The summed E-state index contributed by atoms with van der Waals surface area (Å²) in [5.41, 5.74) is -0.515. The zero-order valence-corrected chi connectivity index (χ0v) is 12.1. The van der Waals surface area contributed by atoms with Crippen LogP contribution < -0.4 is 15.1 Å². The van der Waals surface area contributed by atoms with Gasteiger partial charge < -0.3 is 19.0 Å². The molecule has 0 saturated heterocycles. The Morgan fingerprint density at radius 1 is 1.33 bits per heavy atom. The van der Waals surface area contributed by atoms with Crippen molar-refractivity contribution < 1.29 is 19.0 Å². The third-order valence-corrected chi connectivity index (χ3v) is 2.97. The van der Waals surface area contributed by atoms with Crippen LogP contribution in [0.1, 0.15) is 19.8 Å². The first-order valence-corrected chi connectivity index (χ1v) is 6.79. The second-order valence-corrected chi connectivity index (χ2v) is 4.42. The Morgan fingerprint density at radius 3 is 2.86 bits per heavy atom. The third kappa shape index (κ3) is 3.18. The van der Waals surface area contributed by atoms with E-state index in [9.17, 15) is 9.90 Å². The van der Waals surface area contributed by atoms with E-state index >= 15 is 0 Å². The molecular formula is C16H18O5. The lowest BCUT2D eigenvalue weighted by Crippen LogP contribution is -2.03. The molecular weight excluding hydrogens is 272 g/mol. The van der Waals surface area contributed by atoms with E-state index in [0.29, 0.717) is 23.3 Å². The standard InChI is InChI=1S/C16H18O5/c1-3-4-5-6-10-20-11-8-7-9-12-13(11)15(19-2)14(17)16(18)21-12/h4-5,7-9,17H,3,6,10H2,1-2H3/b5-4+. The van der Waals surface area contributed by atoms with Crippen LogP contribution in [-0.2, 0) is 0 Å². The zero-order valence-electron chi connectivity index (χ0n) is 12.1. The number of hydrogen-bond donors (Lipinski definition) is 1. The molecule has 0 saturated carbocycles. The first-order chi connectivity index (χ1) is 10.2. The maximum Gasteiger partial charge on any atom is 0.382 e. The fourth-order valence-corrected chi connectivity index (χ4v) is 2.02. The Kier molecular flexibility index (Phi) is 4.87. The quantitative estimate of drug-likeness (QED) is 0.502. The molecule has 1 aromatic carbocycles. The van der Waals surface area contributed by atoms with Crippen LogP contribution >= 0.6 is 0 Å². The Balaban J connectivity index is 2.38. The number of benzene rings is 1. The normalized spacial score (nSPS) is 11.1. The highest BCUT2D eigenvalue weighted by atomic mass is 16.5. The van der Waals surface area contributed by atoms with Gasteiger partial charge in [-0.1, -0.05) is 25.1 Å². The molecule has 0 amide bonds. The van der Waals surface area contributed by atoms with Crippen molar-refractivity contribution in [2.45, 2.75) is 19.8 Å². The lowest BCUT2D eigenvalue weighted by molar-refractivity contribution is 0.323. The van der Waals surface area contributed by atoms with Crippen LogP contribution in [0.2, 0.25) is 0 Å². The molecule has 0 atom stereocenters. The molecule has 1 heterocycles. The Bertz CT molecular complexity index is 700. The zero-order chi connectivity index (χ0) is 15.2. The molecule has 5 nitrogen and oxygen atoms in total. The maximum absolute atomic E-state index is 11.5. The van der Waals surface area contributed by atoms with Crippen LogP contribution in [0.5, 0.6) is 17.2 Å². The highest BCUT2D eigenvalue weighted by Crippen LogP contribution is 2.37. The molecule has 2 rings (SSSR count). The molecule has 0 bridgehead atoms. The summed E-state index contributed by atoms with van der Waals surface area (Å²) < 4.78 is 15.9. The summed E-state index contributed by atoms with van der Waals surface area (Å²) in [6.45, 7) is 2.55. The molecule has 0 unspecified atom stereocenters. The van der Waals surface area contributed by atoms with E-state index in [-0.39, 0.29) is 5.75 Å². The van der Waals surface area contributed by atoms with Gasteiger partial charge in [0.05, 0.1) is 13.7 Å². The van der Waals surface area contributed by atoms with Crippen LogP contribution in [0.3, 0.4) is 0 Å². The van der Waals surface area contributed by atoms with Crippen LogP contribution in [-0.4, -0.2) is 18.8 Å². The molecule has 0 radical (unpaired) electrons. The number of ether oxygens (including phenoxy) is 2. The number of rotatable bonds is 6. The average molecular weight is 290 g/mol. The Morgan fingerprint density at radius 2 is 2.14 bits per heavy atom. The Hall–Kier alpha value is -2.43. The summed E-state index contributed by atoms with van der Waals surface area (Å²) >= 11 is 0. The minimum atomic E-state index is -0.831. The number of hydrogen-bond acceptors (Lipinski definition) is 5. The second kappa shape index (κ2) is 6.83. The van der Waals surface area contributed by atoms with Crippen molar-refractivity contribution in [1.29, 1.82) is 0 Å². The van der Waals surface area contributed by atoms with Crippen molar-refractivity contribution in [1.82, 2.24) is 0 Å². The molecule has 21 heavy (non-hydrogen) atoms. The fourth-order valence-electron chi connectivity index (χ4n) is 2.02. The fraction of sp³-hybridized carbons (Fsp3) is 0.312. The van der Waals surface area contributed by atoms with Crippen molar-refractivity contribution in [2.75, 3.05) is 13.7 Å². The largest absolute Gasteiger partial charge is 0.499 e. The monoisotopic (exact) mass is 290 g/mol. The first kappa shape index (κ1) is 15.0. The molecule has 0 aliphatic heterocycles. The maximum atomic E-state index is 11.5. The van der Waals surface area contributed by atoms with Gasteiger partial charge in [0.2, 0.25) is 5.75 Å². The minimum absolute atomic E-state index is 0.0703. The molecule has 1 N–H and O–H groups in total. The molecule has 0 aliphatic carbocycles. The average Bonchev–Trinajstić information content (AvgIpc) is 2.49. The summed E-state index contributed by atoms with van der Waals surface area (Å²) in [6.07, 6.45) is 5.87. The van der Waals surface area contributed by atoms with Gasteiger partial charge in [-0.3, -0.25) is 0 Å². The van der Waals surface area contributed by atoms with Gasteiger partial charge in [-0.25, -0.2) is 4.79 Å². The van der Waals surface area contributed by atoms with Crippen molar-refractivity contribution in [3.63, 3.8) is 0 Å². The van der Waals surface area contributed by atoms with Gasteiger partial charge in [-0.15, -0.1) is 0 Å².